The number of benzene rings is 3. The van der Waals surface area contributed by atoms with Gasteiger partial charge in [-0.05, 0) is 23.8 Å². The van der Waals surface area contributed by atoms with E-state index in [4.69, 9.17) is 0 Å². The summed E-state index contributed by atoms with van der Waals surface area (Å²) >= 11 is 0. The monoisotopic (exact) mass is 269 g/mol. The average Bonchev–Trinajstić information content (AvgIpc) is 2.89. The summed E-state index contributed by atoms with van der Waals surface area (Å²) in [6.45, 7) is 3.95. The fourth-order valence-electron chi connectivity index (χ4n) is 3.05. The van der Waals surface area contributed by atoms with Crippen molar-refractivity contribution in [3.05, 3.63) is 84.9 Å². The molecular formula is C20H15N. The van der Waals surface area contributed by atoms with Crippen LogP contribution in [0.25, 0.3) is 33.6 Å². The van der Waals surface area contributed by atoms with Crippen LogP contribution in [-0.4, -0.2) is 4.57 Å². The van der Waals surface area contributed by atoms with E-state index in [0.717, 1.165) is 5.56 Å². The molecule has 0 N–H and O–H groups in total. The van der Waals surface area contributed by atoms with E-state index in [1.54, 1.807) is 0 Å². The molecule has 0 saturated heterocycles. The molecule has 0 saturated carbocycles. The molecule has 1 nitrogen and oxygen atoms in total. The predicted octanol–water partition coefficient (Wildman–Crippen LogP) is 5.43. The van der Waals surface area contributed by atoms with Gasteiger partial charge in [0.25, 0.3) is 0 Å². The lowest BCUT2D eigenvalue weighted by atomic mass is 10.1. The number of fused-ring (bicyclic) bond motifs is 3. The van der Waals surface area contributed by atoms with Gasteiger partial charge >= 0.3 is 0 Å². The number of para-hydroxylation sites is 3. The maximum absolute atomic E-state index is 3.95. The lowest BCUT2D eigenvalue weighted by molar-refractivity contribution is 1.17. The Morgan fingerprint density at radius 2 is 1.19 bits per heavy atom. The second-order valence-electron chi connectivity index (χ2n) is 5.13. The molecule has 0 amide bonds. The quantitative estimate of drug-likeness (QED) is 0.457. The molecule has 1 heterocycles. The summed E-state index contributed by atoms with van der Waals surface area (Å²) in [6.07, 6.45) is 1.92. The normalized spacial score (nSPS) is 11.0. The first-order valence-electron chi connectivity index (χ1n) is 7.10. The van der Waals surface area contributed by atoms with E-state index in [1.165, 1.54) is 27.5 Å². The molecule has 0 atom stereocenters. The van der Waals surface area contributed by atoms with Crippen LogP contribution in [0, 0.1) is 0 Å². The third-order valence-corrected chi connectivity index (χ3v) is 3.98. The van der Waals surface area contributed by atoms with E-state index in [1.807, 2.05) is 12.1 Å². The molecule has 3 aromatic carbocycles. The van der Waals surface area contributed by atoms with Crippen LogP contribution in [-0.2, 0) is 0 Å². The summed E-state index contributed by atoms with van der Waals surface area (Å²) in [5.41, 5.74) is 4.77. The Labute approximate surface area is 123 Å². The van der Waals surface area contributed by atoms with Crippen molar-refractivity contribution in [2.45, 2.75) is 0 Å². The van der Waals surface area contributed by atoms with Gasteiger partial charge in [0, 0.05) is 10.8 Å². The number of rotatable bonds is 2. The van der Waals surface area contributed by atoms with Crippen molar-refractivity contribution < 1.29 is 0 Å². The van der Waals surface area contributed by atoms with Crippen molar-refractivity contribution in [1.29, 1.82) is 0 Å². The van der Waals surface area contributed by atoms with Crippen LogP contribution in [0.1, 0.15) is 5.56 Å². The average molecular weight is 269 g/mol. The smallest absolute Gasteiger partial charge is 0.0541 e. The molecule has 100 valence electrons. The summed E-state index contributed by atoms with van der Waals surface area (Å²) < 4.78 is 2.32. The van der Waals surface area contributed by atoms with E-state index in [9.17, 15) is 0 Å². The first-order valence-corrected chi connectivity index (χ1v) is 7.10. The lowest BCUT2D eigenvalue weighted by Crippen LogP contribution is -1.96. The van der Waals surface area contributed by atoms with Gasteiger partial charge in [-0.2, -0.15) is 0 Å². The highest BCUT2D eigenvalue weighted by Gasteiger charge is 2.12. The van der Waals surface area contributed by atoms with Crippen LogP contribution >= 0.6 is 0 Å². The van der Waals surface area contributed by atoms with Crippen molar-refractivity contribution in [2.24, 2.45) is 0 Å². The van der Waals surface area contributed by atoms with Crippen molar-refractivity contribution in [2.75, 3.05) is 0 Å². The number of nitrogens with zero attached hydrogens (tertiary/aromatic N) is 1. The van der Waals surface area contributed by atoms with Gasteiger partial charge < -0.3 is 4.57 Å². The largest absolute Gasteiger partial charge is 0.309 e. The molecule has 4 aromatic rings. The van der Waals surface area contributed by atoms with Crippen LogP contribution in [0.5, 0.6) is 0 Å². The molecule has 0 bridgehead atoms. The zero-order valence-electron chi connectivity index (χ0n) is 11.7. The van der Waals surface area contributed by atoms with Gasteiger partial charge in [-0.15, -0.1) is 0 Å². The molecule has 1 heteroatoms. The molecule has 21 heavy (non-hydrogen) atoms. The number of hydrogen-bond acceptors (Lipinski definition) is 0. The Bertz CT molecular complexity index is 907. The first kappa shape index (κ1) is 12.0. The van der Waals surface area contributed by atoms with E-state index in [0.29, 0.717) is 0 Å². The van der Waals surface area contributed by atoms with Crippen molar-refractivity contribution in [3.8, 4) is 5.69 Å². The molecule has 0 unspecified atom stereocenters. The van der Waals surface area contributed by atoms with Crippen molar-refractivity contribution in [1.82, 2.24) is 4.57 Å². The van der Waals surface area contributed by atoms with E-state index in [2.05, 4.69) is 77.9 Å². The lowest BCUT2D eigenvalue weighted by Gasteiger charge is -2.10. The van der Waals surface area contributed by atoms with Gasteiger partial charge in [-0.1, -0.05) is 67.3 Å². The Balaban J connectivity index is 2.23. The Morgan fingerprint density at radius 1 is 0.667 bits per heavy atom. The Morgan fingerprint density at radius 3 is 1.81 bits per heavy atom. The van der Waals surface area contributed by atoms with Crippen LogP contribution in [0.4, 0.5) is 0 Å². The fourth-order valence-corrected chi connectivity index (χ4v) is 3.05. The van der Waals surface area contributed by atoms with Crippen LogP contribution in [0.3, 0.4) is 0 Å². The predicted molar refractivity (Wildman–Crippen MR) is 90.9 cm³/mol. The molecule has 0 aliphatic carbocycles. The maximum atomic E-state index is 3.95. The third kappa shape index (κ3) is 1.71. The van der Waals surface area contributed by atoms with Crippen LogP contribution in [0.2, 0.25) is 0 Å². The molecule has 1 aromatic heterocycles. The minimum atomic E-state index is 1.14. The van der Waals surface area contributed by atoms with E-state index in [-0.39, 0.29) is 0 Å². The standard InChI is InChI=1S/C20H15N/c1-2-15-9-3-6-12-18(15)21-19-13-7-4-10-16(19)17-11-5-8-14-20(17)21/h2-14H,1H2. The second kappa shape index (κ2) is 4.64. The van der Waals surface area contributed by atoms with Crippen molar-refractivity contribution >= 4 is 27.9 Å². The Kier molecular flexibility index (Phi) is 2.65. The Hall–Kier alpha value is -2.80. The van der Waals surface area contributed by atoms with Gasteiger partial charge in [-0.25, -0.2) is 0 Å². The molecular weight excluding hydrogens is 254 g/mol. The highest BCUT2D eigenvalue weighted by Crippen LogP contribution is 2.32. The summed E-state index contributed by atoms with van der Waals surface area (Å²) in [5, 5.41) is 2.57. The summed E-state index contributed by atoms with van der Waals surface area (Å²) in [7, 11) is 0. The number of hydrogen-bond donors (Lipinski definition) is 0. The summed E-state index contributed by atoms with van der Waals surface area (Å²) in [6, 6.07) is 25.5. The highest BCUT2D eigenvalue weighted by atomic mass is 15.0. The van der Waals surface area contributed by atoms with Crippen LogP contribution in [0.15, 0.2) is 79.4 Å². The molecule has 0 spiro atoms. The van der Waals surface area contributed by atoms with Gasteiger partial charge in [0.1, 0.15) is 0 Å². The second-order valence-corrected chi connectivity index (χ2v) is 5.13. The zero-order chi connectivity index (χ0) is 14.2. The molecule has 0 fully saturated rings. The van der Waals surface area contributed by atoms with Crippen molar-refractivity contribution in [3.63, 3.8) is 0 Å². The molecule has 0 aliphatic rings. The topological polar surface area (TPSA) is 4.93 Å². The third-order valence-electron chi connectivity index (χ3n) is 3.98. The van der Waals surface area contributed by atoms with Gasteiger partial charge in [-0.3, -0.25) is 0 Å². The molecule has 4 rings (SSSR count). The SMILES string of the molecule is C=Cc1ccccc1-n1c2ccccc2c2ccccc21. The minimum Gasteiger partial charge on any atom is -0.309 e. The zero-order valence-corrected chi connectivity index (χ0v) is 11.7. The number of aromatic nitrogens is 1. The van der Waals surface area contributed by atoms with Gasteiger partial charge in [0.2, 0.25) is 0 Å². The van der Waals surface area contributed by atoms with E-state index < -0.39 is 0 Å². The van der Waals surface area contributed by atoms with Gasteiger partial charge in [0.15, 0.2) is 0 Å². The van der Waals surface area contributed by atoms with Crippen LogP contribution < -0.4 is 0 Å². The molecule has 0 radical (unpaired) electrons. The molecule has 0 aliphatic heterocycles. The summed E-state index contributed by atoms with van der Waals surface area (Å²) in [4.78, 5) is 0. The fraction of sp³-hybridized carbons (Fsp3) is 0. The highest BCUT2D eigenvalue weighted by molar-refractivity contribution is 6.09. The summed E-state index contributed by atoms with van der Waals surface area (Å²) in [5.74, 6) is 0. The van der Waals surface area contributed by atoms with Gasteiger partial charge in [0.05, 0.1) is 16.7 Å². The minimum absolute atomic E-state index is 1.14. The maximum Gasteiger partial charge on any atom is 0.0541 e. The van der Waals surface area contributed by atoms with E-state index >= 15 is 0 Å². The first-order chi connectivity index (χ1) is 10.4.